The van der Waals surface area contributed by atoms with Crippen molar-refractivity contribution in [1.82, 2.24) is 0 Å². The lowest BCUT2D eigenvalue weighted by molar-refractivity contribution is -0.260. The molecule has 0 amide bonds. The number of aryl methyl sites for hydroxylation is 1. The van der Waals surface area contributed by atoms with Crippen molar-refractivity contribution >= 4 is 15.9 Å². The van der Waals surface area contributed by atoms with Crippen molar-refractivity contribution in [2.45, 2.75) is 51.6 Å². The fraction of sp³-hybridized carbons (Fsp3) is 0.529. The number of halogens is 5. The van der Waals surface area contributed by atoms with E-state index in [0.717, 1.165) is 12.0 Å². The zero-order valence-corrected chi connectivity index (χ0v) is 14.9. The maximum Gasteiger partial charge on any atom is 0.458 e. The second-order valence-electron chi connectivity index (χ2n) is 5.87. The highest BCUT2D eigenvalue weighted by atomic mass is 32.2. The summed E-state index contributed by atoms with van der Waals surface area (Å²) in [6, 6.07) is 5.61. The summed E-state index contributed by atoms with van der Waals surface area (Å²) < 4.78 is 90.4. The molecule has 1 aromatic rings. The van der Waals surface area contributed by atoms with Gasteiger partial charge in [-0.05, 0) is 25.0 Å². The number of unbranched alkanes of at least 4 members (excludes halogenated alkanes) is 3. The molecular formula is C17H21F5O2S. The minimum Gasteiger partial charge on any atom is -0.224 e. The monoisotopic (exact) mass is 384 g/mol. The Morgan fingerprint density at radius 3 is 2.04 bits per heavy atom. The first-order chi connectivity index (χ1) is 11.4. The maximum atomic E-state index is 13.9. The number of benzene rings is 1. The Hall–Kier alpha value is -1.44. The van der Waals surface area contributed by atoms with E-state index in [9.17, 15) is 30.4 Å². The van der Waals surface area contributed by atoms with Gasteiger partial charge in [-0.25, -0.2) is 8.42 Å². The van der Waals surface area contributed by atoms with E-state index in [1.165, 1.54) is 24.3 Å². The lowest BCUT2D eigenvalue weighted by Crippen LogP contribution is -2.41. The number of hydrogen-bond donors (Lipinski definition) is 0. The number of sulfone groups is 1. The van der Waals surface area contributed by atoms with Crippen LogP contribution >= 0.6 is 0 Å². The molecule has 1 rings (SSSR count). The molecule has 0 N–H and O–H groups in total. The van der Waals surface area contributed by atoms with Gasteiger partial charge in [0.05, 0.1) is 5.75 Å². The Balaban J connectivity index is 3.31. The van der Waals surface area contributed by atoms with Crippen LogP contribution in [0.3, 0.4) is 0 Å². The highest BCUT2D eigenvalue weighted by molar-refractivity contribution is 7.95. The van der Waals surface area contributed by atoms with Crippen LogP contribution in [-0.4, -0.2) is 26.3 Å². The third-order valence-electron chi connectivity index (χ3n) is 3.64. The SMILES string of the molecule is CCCCCCS(=O)(=O)/C(=C/c1ccc(C)cc1)C(F)(F)C(F)(F)F. The summed E-state index contributed by atoms with van der Waals surface area (Å²) in [7, 11) is -4.76. The van der Waals surface area contributed by atoms with Gasteiger partial charge in [0, 0.05) is 0 Å². The van der Waals surface area contributed by atoms with Crippen molar-refractivity contribution in [1.29, 1.82) is 0 Å². The van der Waals surface area contributed by atoms with Crippen molar-refractivity contribution in [3.8, 4) is 0 Å². The Morgan fingerprint density at radius 1 is 1.00 bits per heavy atom. The lowest BCUT2D eigenvalue weighted by atomic mass is 10.1. The van der Waals surface area contributed by atoms with Crippen molar-refractivity contribution in [3.63, 3.8) is 0 Å². The number of allylic oxidation sites excluding steroid dienone is 1. The third-order valence-corrected chi connectivity index (χ3v) is 5.51. The van der Waals surface area contributed by atoms with Gasteiger partial charge in [0.1, 0.15) is 4.91 Å². The molecule has 0 aliphatic carbocycles. The van der Waals surface area contributed by atoms with E-state index < -0.39 is 32.6 Å². The van der Waals surface area contributed by atoms with Crippen LogP contribution in [-0.2, 0) is 9.84 Å². The van der Waals surface area contributed by atoms with E-state index >= 15 is 0 Å². The van der Waals surface area contributed by atoms with Crippen LogP contribution in [0.15, 0.2) is 29.2 Å². The molecule has 0 heterocycles. The number of alkyl halides is 5. The van der Waals surface area contributed by atoms with Gasteiger partial charge >= 0.3 is 12.1 Å². The molecule has 1 aromatic carbocycles. The van der Waals surface area contributed by atoms with E-state index in [1.54, 1.807) is 6.92 Å². The first-order valence-corrected chi connectivity index (χ1v) is 9.53. The van der Waals surface area contributed by atoms with Crippen molar-refractivity contribution in [3.05, 3.63) is 40.3 Å². The molecule has 0 bridgehead atoms. The number of rotatable bonds is 8. The third kappa shape index (κ3) is 5.80. The van der Waals surface area contributed by atoms with E-state index in [1.807, 2.05) is 6.92 Å². The van der Waals surface area contributed by atoms with Crippen LogP contribution in [0.4, 0.5) is 22.0 Å². The number of hydrogen-bond acceptors (Lipinski definition) is 2. The van der Waals surface area contributed by atoms with Crippen molar-refractivity contribution in [2.24, 2.45) is 0 Å². The maximum absolute atomic E-state index is 13.9. The molecule has 0 saturated heterocycles. The Bertz CT molecular complexity index is 689. The molecule has 0 atom stereocenters. The summed E-state index contributed by atoms with van der Waals surface area (Å²) >= 11 is 0. The summed E-state index contributed by atoms with van der Waals surface area (Å²) in [5, 5.41) is 0. The standard InChI is InChI=1S/C17H21F5O2S/c1-3-4-5-6-11-25(23,24)15(16(18,19)17(20,21)22)12-14-9-7-13(2)8-10-14/h7-10,12H,3-6,11H2,1-2H3/b15-12+. The normalized spacial score (nSPS) is 14.0. The van der Waals surface area contributed by atoms with Gasteiger partial charge in [-0.3, -0.25) is 0 Å². The van der Waals surface area contributed by atoms with Crippen molar-refractivity contribution in [2.75, 3.05) is 5.75 Å². The molecule has 0 aliphatic heterocycles. The molecule has 0 saturated carbocycles. The second kappa shape index (κ2) is 8.29. The Labute approximate surface area is 144 Å². The zero-order chi connectivity index (χ0) is 19.3. The van der Waals surface area contributed by atoms with Gasteiger partial charge in [0.15, 0.2) is 9.84 Å². The van der Waals surface area contributed by atoms with Gasteiger partial charge in [-0.2, -0.15) is 22.0 Å². The average Bonchev–Trinajstić information content (AvgIpc) is 2.49. The summed E-state index contributed by atoms with van der Waals surface area (Å²) in [6.07, 6.45) is -3.62. The molecule has 0 unspecified atom stereocenters. The van der Waals surface area contributed by atoms with E-state index in [0.29, 0.717) is 18.9 Å². The molecule has 0 fully saturated rings. The quantitative estimate of drug-likeness (QED) is 0.436. The molecular weight excluding hydrogens is 363 g/mol. The van der Waals surface area contributed by atoms with Gasteiger partial charge in [0.25, 0.3) is 0 Å². The van der Waals surface area contributed by atoms with Gasteiger partial charge in [-0.15, -0.1) is 0 Å². The molecule has 142 valence electrons. The van der Waals surface area contributed by atoms with Crippen LogP contribution in [0.1, 0.15) is 43.7 Å². The van der Waals surface area contributed by atoms with Gasteiger partial charge in [-0.1, -0.05) is 56.0 Å². The largest absolute Gasteiger partial charge is 0.458 e. The molecule has 2 nitrogen and oxygen atoms in total. The first-order valence-electron chi connectivity index (χ1n) is 7.88. The predicted octanol–water partition coefficient (Wildman–Crippen LogP) is 5.53. The van der Waals surface area contributed by atoms with E-state index in [4.69, 9.17) is 0 Å². The summed E-state index contributed by atoms with van der Waals surface area (Å²) in [5.74, 6) is -6.18. The minimum atomic E-state index is -5.99. The average molecular weight is 384 g/mol. The Morgan fingerprint density at radius 2 is 1.56 bits per heavy atom. The van der Waals surface area contributed by atoms with Crippen LogP contribution in [0.5, 0.6) is 0 Å². The van der Waals surface area contributed by atoms with Crippen LogP contribution in [0.2, 0.25) is 0 Å². The summed E-state index contributed by atoms with van der Waals surface area (Å²) in [5.41, 5.74) is 0.741. The molecule has 8 heteroatoms. The second-order valence-corrected chi connectivity index (χ2v) is 7.95. The van der Waals surface area contributed by atoms with Crippen molar-refractivity contribution < 1.29 is 30.4 Å². The van der Waals surface area contributed by atoms with Crippen LogP contribution in [0, 0.1) is 6.92 Å². The topological polar surface area (TPSA) is 34.1 Å². The van der Waals surface area contributed by atoms with Gasteiger partial charge in [0.2, 0.25) is 0 Å². The smallest absolute Gasteiger partial charge is 0.224 e. The zero-order valence-electron chi connectivity index (χ0n) is 14.0. The van der Waals surface area contributed by atoms with E-state index in [2.05, 4.69) is 0 Å². The van der Waals surface area contributed by atoms with Crippen LogP contribution < -0.4 is 0 Å². The molecule has 0 aromatic heterocycles. The predicted molar refractivity (Wildman–Crippen MR) is 88.1 cm³/mol. The fourth-order valence-corrected chi connectivity index (χ4v) is 3.78. The highest BCUT2D eigenvalue weighted by Gasteiger charge is 2.63. The summed E-state index contributed by atoms with van der Waals surface area (Å²) in [4.78, 5) is -1.90. The highest BCUT2D eigenvalue weighted by Crippen LogP contribution is 2.44. The molecule has 0 radical (unpaired) electrons. The first kappa shape index (κ1) is 21.6. The molecule has 0 spiro atoms. The summed E-state index contributed by atoms with van der Waals surface area (Å²) in [6.45, 7) is 3.58. The lowest BCUT2D eigenvalue weighted by Gasteiger charge is -2.22. The van der Waals surface area contributed by atoms with Crippen LogP contribution in [0.25, 0.3) is 6.08 Å². The van der Waals surface area contributed by atoms with Gasteiger partial charge < -0.3 is 0 Å². The fourth-order valence-electron chi connectivity index (χ4n) is 2.16. The van der Waals surface area contributed by atoms with E-state index in [-0.39, 0.29) is 12.0 Å². The minimum absolute atomic E-state index is 0.0262. The molecule has 25 heavy (non-hydrogen) atoms. The molecule has 0 aliphatic rings. The Kier molecular flexibility index (Phi) is 7.17.